The molecule has 4 heteroatoms. The summed E-state index contributed by atoms with van der Waals surface area (Å²) in [6, 6.07) is 4.77. The van der Waals surface area contributed by atoms with Crippen LogP contribution in [0.3, 0.4) is 0 Å². The Hall–Kier alpha value is -1.79. The highest BCUT2D eigenvalue weighted by Gasteiger charge is 2.35. The van der Waals surface area contributed by atoms with Gasteiger partial charge in [0.1, 0.15) is 0 Å². The van der Waals surface area contributed by atoms with Crippen molar-refractivity contribution in [2.24, 2.45) is 0 Å². The standard InChI is InChI=1S/C12H8ClNO2/c1-2-3-6-14-10-7-8(13)4-5-9(10)11(15)12(14)16/h4-5,7H,6H2,1H3. The number of benzene rings is 1. The molecule has 0 aromatic heterocycles. The van der Waals surface area contributed by atoms with Crippen LogP contribution in [-0.4, -0.2) is 18.2 Å². The minimum absolute atomic E-state index is 0.217. The second-order valence-electron chi connectivity index (χ2n) is 3.31. The first-order chi connectivity index (χ1) is 7.65. The fraction of sp³-hybridized carbons (Fsp3) is 0.167. The minimum Gasteiger partial charge on any atom is -0.293 e. The number of anilines is 1. The van der Waals surface area contributed by atoms with Crippen LogP contribution in [-0.2, 0) is 4.79 Å². The third kappa shape index (κ3) is 1.58. The number of hydrogen-bond donors (Lipinski definition) is 0. The van der Waals surface area contributed by atoms with E-state index in [1.54, 1.807) is 25.1 Å². The van der Waals surface area contributed by atoms with Crippen molar-refractivity contribution in [1.29, 1.82) is 0 Å². The molecule has 0 radical (unpaired) electrons. The molecule has 3 nitrogen and oxygen atoms in total. The molecule has 1 aromatic carbocycles. The van der Waals surface area contributed by atoms with Crippen molar-refractivity contribution < 1.29 is 9.59 Å². The number of amides is 1. The topological polar surface area (TPSA) is 37.4 Å². The van der Waals surface area contributed by atoms with Gasteiger partial charge >= 0.3 is 0 Å². The van der Waals surface area contributed by atoms with Gasteiger partial charge in [-0.2, -0.15) is 0 Å². The molecule has 80 valence electrons. The highest BCUT2D eigenvalue weighted by molar-refractivity contribution is 6.52. The summed E-state index contributed by atoms with van der Waals surface area (Å²) in [5.74, 6) is 4.41. The normalized spacial score (nSPS) is 13.5. The zero-order valence-corrected chi connectivity index (χ0v) is 9.34. The Morgan fingerprint density at radius 3 is 2.81 bits per heavy atom. The van der Waals surface area contributed by atoms with E-state index in [9.17, 15) is 9.59 Å². The van der Waals surface area contributed by atoms with Crippen molar-refractivity contribution in [3.05, 3.63) is 28.8 Å². The second-order valence-corrected chi connectivity index (χ2v) is 3.75. The number of carbonyl (C=O) groups is 2. The van der Waals surface area contributed by atoms with Crippen molar-refractivity contribution in [2.45, 2.75) is 6.92 Å². The average molecular weight is 234 g/mol. The molecule has 0 bridgehead atoms. The number of hydrogen-bond acceptors (Lipinski definition) is 2. The van der Waals surface area contributed by atoms with Crippen LogP contribution in [0.25, 0.3) is 0 Å². The van der Waals surface area contributed by atoms with E-state index < -0.39 is 11.7 Å². The summed E-state index contributed by atoms with van der Waals surface area (Å²) in [4.78, 5) is 24.6. The highest BCUT2D eigenvalue weighted by atomic mass is 35.5. The molecule has 1 aliphatic heterocycles. The van der Waals surface area contributed by atoms with Crippen molar-refractivity contribution in [3.8, 4) is 11.8 Å². The summed E-state index contributed by atoms with van der Waals surface area (Å²) in [6.45, 7) is 1.90. The zero-order valence-electron chi connectivity index (χ0n) is 8.58. The fourth-order valence-electron chi connectivity index (χ4n) is 1.58. The number of halogens is 1. The molecule has 0 saturated carbocycles. The Labute approximate surface area is 98.0 Å². The monoisotopic (exact) mass is 233 g/mol. The van der Waals surface area contributed by atoms with Crippen molar-refractivity contribution in [2.75, 3.05) is 11.4 Å². The van der Waals surface area contributed by atoms with E-state index in [1.165, 1.54) is 4.90 Å². The lowest BCUT2D eigenvalue weighted by atomic mass is 10.1. The molecular weight excluding hydrogens is 226 g/mol. The van der Waals surface area contributed by atoms with Crippen LogP contribution < -0.4 is 4.90 Å². The summed E-state index contributed by atoms with van der Waals surface area (Å²) in [7, 11) is 0. The van der Waals surface area contributed by atoms with Crippen LogP contribution >= 0.6 is 11.6 Å². The van der Waals surface area contributed by atoms with E-state index in [0.29, 0.717) is 16.3 Å². The maximum absolute atomic E-state index is 11.6. The van der Waals surface area contributed by atoms with Gasteiger partial charge in [0.2, 0.25) is 0 Å². The van der Waals surface area contributed by atoms with Crippen molar-refractivity contribution >= 4 is 29.0 Å². The first-order valence-corrected chi connectivity index (χ1v) is 5.08. The largest absolute Gasteiger partial charge is 0.300 e. The van der Waals surface area contributed by atoms with Gasteiger partial charge < -0.3 is 0 Å². The predicted octanol–water partition coefficient (Wildman–Crippen LogP) is 1.89. The van der Waals surface area contributed by atoms with Gasteiger partial charge in [0.05, 0.1) is 17.8 Å². The van der Waals surface area contributed by atoms with Crippen molar-refractivity contribution in [1.82, 2.24) is 0 Å². The smallest absolute Gasteiger partial charge is 0.293 e. The molecule has 0 saturated heterocycles. The number of rotatable bonds is 1. The summed E-state index contributed by atoms with van der Waals surface area (Å²) < 4.78 is 0. The van der Waals surface area contributed by atoms with Crippen LogP contribution in [0.1, 0.15) is 17.3 Å². The molecule has 1 heterocycles. The van der Waals surface area contributed by atoms with Crippen LogP contribution in [0.2, 0.25) is 5.02 Å². The summed E-state index contributed by atoms with van der Waals surface area (Å²) >= 11 is 5.83. The Kier molecular flexibility index (Phi) is 2.67. The van der Waals surface area contributed by atoms with Gasteiger partial charge in [-0.05, 0) is 25.1 Å². The van der Waals surface area contributed by atoms with Crippen molar-refractivity contribution in [3.63, 3.8) is 0 Å². The molecule has 1 amide bonds. The Morgan fingerprint density at radius 1 is 1.38 bits per heavy atom. The number of fused-ring (bicyclic) bond motifs is 1. The van der Waals surface area contributed by atoms with E-state index in [4.69, 9.17) is 11.6 Å². The molecule has 0 atom stereocenters. The molecule has 0 fully saturated rings. The molecule has 1 aromatic rings. The summed E-state index contributed by atoms with van der Waals surface area (Å²) in [5, 5.41) is 0.496. The molecule has 2 rings (SSSR count). The Bertz CT molecular complexity index is 540. The summed E-state index contributed by atoms with van der Waals surface area (Å²) in [5.41, 5.74) is 0.942. The average Bonchev–Trinajstić information content (AvgIpc) is 2.50. The Morgan fingerprint density at radius 2 is 2.12 bits per heavy atom. The molecule has 16 heavy (non-hydrogen) atoms. The van der Waals surface area contributed by atoms with Gasteiger partial charge in [-0.15, -0.1) is 5.92 Å². The SMILES string of the molecule is CC#CCN1C(=O)C(=O)c2ccc(Cl)cc21. The van der Waals surface area contributed by atoms with Gasteiger partial charge in [-0.3, -0.25) is 14.5 Å². The molecule has 0 spiro atoms. The lowest BCUT2D eigenvalue weighted by Gasteiger charge is -2.12. The molecular formula is C12H8ClNO2. The molecule has 0 N–H and O–H groups in total. The summed E-state index contributed by atoms with van der Waals surface area (Å²) in [6.07, 6.45) is 0. The van der Waals surface area contributed by atoms with Gasteiger partial charge in [-0.1, -0.05) is 17.5 Å². The van der Waals surface area contributed by atoms with Crippen LogP contribution in [0.15, 0.2) is 18.2 Å². The number of Topliss-reactive ketones (excluding diaryl/α,β-unsaturated/α-hetero) is 1. The number of nitrogens with zero attached hydrogens (tertiary/aromatic N) is 1. The second kappa shape index (κ2) is 3.99. The van der Waals surface area contributed by atoms with Crippen LogP contribution in [0.4, 0.5) is 5.69 Å². The first-order valence-electron chi connectivity index (χ1n) is 4.70. The van der Waals surface area contributed by atoms with Gasteiger partial charge in [0.15, 0.2) is 0 Å². The van der Waals surface area contributed by atoms with E-state index in [-0.39, 0.29) is 6.54 Å². The zero-order chi connectivity index (χ0) is 11.7. The lowest BCUT2D eigenvalue weighted by Crippen LogP contribution is -2.29. The quantitative estimate of drug-likeness (QED) is 0.549. The number of ketones is 1. The van der Waals surface area contributed by atoms with Gasteiger partial charge in [-0.25, -0.2) is 0 Å². The molecule has 1 aliphatic rings. The highest BCUT2D eigenvalue weighted by Crippen LogP contribution is 2.31. The lowest BCUT2D eigenvalue weighted by molar-refractivity contribution is -0.114. The maximum Gasteiger partial charge on any atom is 0.300 e. The van der Waals surface area contributed by atoms with E-state index in [0.717, 1.165) is 0 Å². The van der Waals surface area contributed by atoms with Gasteiger partial charge in [0.25, 0.3) is 11.7 Å². The van der Waals surface area contributed by atoms with E-state index >= 15 is 0 Å². The minimum atomic E-state index is -0.542. The van der Waals surface area contributed by atoms with Crippen LogP contribution in [0, 0.1) is 11.8 Å². The van der Waals surface area contributed by atoms with E-state index in [1.807, 2.05) is 0 Å². The van der Waals surface area contributed by atoms with Gasteiger partial charge in [0, 0.05) is 5.02 Å². The van der Waals surface area contributed by atoms with E-state index in [2.05, 4.69) is 11.8 Å². The van der Waals surface area contributed by atoms with Crippen LogP contribution in [0.5, 0.6) is 0 Å². The third-order valence-corrected chi connectivity index (χ3v) is 2.58. The third-order valence-electron chi connectivity index (χ3n) is 2.35. The number of carbonyl (C=O) groups excluding carboxylic acids is 2. The molecule has 0 unspecified atom stereocenters. The molecule has 0 aliphatic carbocycles. The Balaban J connectivity index is 2.49. The fourth-order valence-corrected chi connectivity index (χ4v) is 1.75. The predicted molar refractivity (Wildman–Crippen MR) is 61.6 cm³/mol. The maximum atomic E-state index is 11.6. The first kappa shape index (κ1) is 10.7.